The Hall–Kier alpha value is -0.720. The molecule has 1 heterocycles. The molecule has 0 saturated carbocycles. The van der Waals surface area contributed by atoms with Gasteiger partial charge in [0, 0.05) is 19.8 Å². The Morgan fingerprint density at radius 3 is 2.71 bits per heavy atom. The maximum Gasteiger partial charge on any atom is 0.275 e. The van der Waals surface area contributed by atoms with Crippen LogP contribution in [0, 0.1) is 0 Å². The van der Waals surface area contributed by atoms with Crippen molar-refractivity contribution in [1.29, 1.82) is 0 Å². The molecule has 0 unspecified atom stereocenters. The molecular formula is C11H17NO3S2. The lowest BCUT2D eigenvalue weighted by Crippen LogP contribution is -2.21. The van der Waals surface area contributed by atoms with Gasteiger partial charge in [-0.1, -0.05) is 12.2 Å². The molecule has 17 heavy (non-hydrogen) atoms. The molecule has 0 spiro atoms. The third kappa shape index (κ3) is 3.90. The first kappa shape index (κ1) is 14.3. The molecule has 0 bridgehead atoms. The summed E-state index contributed by atoms with van der Waals surface area (Å²) in [6, 6.07) is 3.21. The van der Waals surface area contributed by atoms with Crippen molar-refractivity contribution in [3.05, 3.63) is 30.0 Å². The second-order valence-electron chi connectivity index (χ2n) is 3.59. The minimum Gasteiger partial charge on any atom is -0.447 e. The third-order valence-electron chi connectivity index (χ3n) is 2.07. The van der Waals surface area contributed by atoms with E-state index < -0.39 is 10.0 Å². The van der Waals surface area contributed by atoms with Gasteiger partial charge >= 0.3 is 0 Å². The number of hydrogen-bond donors (Lipinski definition) is 0. The van der Waals surface area contributed by atoms with E-state index in [-0.39, 0.29) is 5.09 Å². The second-order valence-corrected chi connectivity index (χ2v) is 6.71. The SMILES string of the molecule is C/C=C\CSCc1ccc(S(=O)(=O)N(C)C)o1. The Morgan fingerprint density at radius 2 is 2.12 bits per heavy atom. The monoisotopic (exact) mass is 275 g/mol. The molecule has 0 atom stereocenters. The zero-order valence-corrected chi connectivity index (χ0v) is 11.8. The number of thioether (sulfide) groups is 1. The Morgan fingerprint density at radius 1 is 1.41 bits per heavy atom. The summed E-state index contributed by atoms with van der Waals surface area (Å²) in [6.07, 6.45) is 4.03. The van der Waals surface area contributed by atoms with Gasteiger partial charge in [-0.05, 0) is 19.1 Å². The molecule has 96 valence electrons. The second kappa shape index (κ2) is 6.28. The molecule has 6 heteroatoms. The maximum absolute atomic E-state index is 11.7. The van der Waals surface area contributed by atoms with Crippen LogP contribution in [-0.4, -0.2) is 32.6 Å². The lowest BCUT2D eigenvalue weighted by molar-refractivity contribution is 0.408. The molecular weight excluding hydrogens is 258 g/mol. The van der Waals surface area contributed by atoms with Gasteiger partial charge in [0.15, 0.2) is 0 Å². The molecule has 1 rings (SSSR count). The van der Waals surface area contributed by atoms with E-state index in [0.29, 0.717) is 11.5 Å². The average Bonchev–Trinajstić information content (AvgIpc) is 2.73. The summed E-state index contributed by atoms with van der Waals surface area (Å²) >= 11 is 1.67. The van der Waals surface area contributed by atoms with Crippen LogP contribution in [0.25, 0.3) is 0 Å². The summed E-state index contributed by atoms with van der Waals surface area (Å²) in [6.45, 7) is 1.97. The van der Waals surface area contributed by atoms with Crippen molar-refractivity contribution in [2.24, 2.45) is 0 Å². The summed E-state index contributed by atoms with van der Waals surface area (Å²) in [5.41, 5.74) is 0. The van der Waals surface area contributed by atoms with Crippen molar-refractivity contribution in [2.45, 2.75) is 17.8 Å². The zero-order valence-electron chi connectivity index (χ0n) is 10.2. The van der Waals surface area contributed by atoms with E-state index in [0.717, 1.165) is 10.1 Å². The Balaban J connectivity index is 2.66. The van der Waals surface area contributed by atoms with Crippen LogP contribution in [0.2, 0.25) is 0 Å². The summed E-state index contributed by atoms with van der Waals surface area (Å²) in [5.74, 6) is 2.25. The number of hydrogen-bond acceptors (Lipinski definition) is 4. The van der Waals surface area contributed by atoms with Crippen molar-refractivity contribution < 1.29 is 12.8 Å². The quantitative estimate of drug-likeness (QED) is 0.590. The summed E-state index contributed by atoms with van der Waals surface area (Å²) in [7, 11) is -0.479. The third-order valence-corrected chi connectivity index (χ3v) is 4.67. The zero-order chi connectivity index (χ0) is 12.9. The molecule has 0 amide bonds. The molecule has 4 nitrogen and oxygen atoms in total. The smallest absolute Gasteiger partial charge is 0.275 e. The van der Waals surface area contributed by atoms with Gasteiger partial charge < -0.3 is 4.42 Å². The van der Waals surface area contributed by atoms with Crippen molar-refractivity contribution in [3.8, 4) is 0 Å². The maximum atomic E-state index is 11.7. The highest BCUT2D eigenvalue weighted by atomic mass is 32.2. The van der Waals surface area contributed by atoms with Gasteiger partial charge in [-0.3, -0.25) is 0 Å². The van der Waals surface area contributed by atoms with E-state index in [9.17, 15) is 8.42 Å². The van der Waals surface area contributed by atoms with Crippen molar-refractivity contribution >= 4 is 21.8 Å². The fraction of sp³-hybridized carbons (Fsp3) is 0.455. The van der Waals surface area contributed by atoms with Gasteiger partial charge in [0.05, 0.1) is 5.75 Å². The summed E-state index contributed by atoms with van der Waals surface area (Å²) in [4.78, 5) is 0. The summed E-state index contributed by atoms with van der Waals surface area (Å²) in [5, 5.41) is 0.00383. The van der Waals surface area contributed by atoms with Crippen LogP contribution in [0.3, 0.4) is 0 Å². The molecule has 0 aromatic carbocycles. The summed E-state index contributed by atoms with van der Waals surface area (Å²) < 4.78 is 29.9. The molecule has 1 aromatic rings. The Labute approximate surface area is 107 Å². The number of rotatable bonds is 6. The Kier molecular flexibility index (Phi) is 5.30. The van der Waals surface area contributed by atoms with Gasteiger partial charge in [0.1, 0.15) is 5.76 Å². The molecule has 0 N–H and O–H groups in total. The lowest BCUT2D eigenvalue weighted by Gasteiger charge is -2.07. The van der Waals surface area contributed by atoms with Crippen molar-refractivity contribution in [2.75, 3.05) is 19.8 Å². The standard InChI is InChI=1S/C11H17NO3S2/c1-4-5-8-16-9-10-6-7-11(15-10)17(13,14)12(2)3/h4-7H,8-9H2,1-3H3/b5-4-. The number of nitrogens with zero attached hydrogens (tertiary/aromatic N) is 1. The van der Waals surface area contributed by atoms with Crippen LogP contribution in [0.1, 0.15) is 12.7 Å². The topological polar surface area (TPSA) is 50.5 Å². The van der Waals surface area contributed by atoms with Crippen LogP contribution in [0.5, 0.6) is 0 Å². The highest BCUT2D eigenvalue weighted by Gasteiger charge is 2.21. The molecule has 0 saturated heterocycles. The van der Waals surface area contributed by atoms with Crippen LogP contribution in [0.4, 0.5) is 0 Å². The number of sulfonamides is 1. The molecule has 1 aromatic heterocycles. The van der Waals surface area contributed by atoms with E-state index in [4.69, 9.17) is 4.42 Å². The Bertz CT molecular complexity index is 475. The fourth-order valence-corrected chi connectivity index (χ4v) is 2.69. The van der Waals surface area contributed by atoms with Crippen LogP contribution >= 0.6 is 11.8 Å². The first-order chi connectivity index (χ1) is 7.98. The fourth-order valence-electron chi connectivity index (χ4n) is 1.08. The predicted molar refractivity (Wildman–Crippen MR) is 70.6 cm³/mol. The molecule has 0 aliphatic carbocycles. The van der Waals surface area contributed by atoms with E-state index in [1.165, 1.54) is 20.2 Å². The van der Waals surface area contributed by atoms with Crippen LogP contribution in [0.15, 0.2) is 33.8 Å². The van der Waals surface area contributed by atoms with E-state index in [1.54, 1.807) is 17.8 Å². The molecule has 0 aliphatic heterocycles. The lowest BCUT2D eigenvalue weighted by atomic mass is 10.5. The first-order valence-corrected chi connectivity index (χ1v) is 7.78. The van der Waals surface area contributed by atoms with E-state index >= 15 is 0 Å². The van der Waals surface area contributed by atoms with Gasteiger partial charge in [-0.2, -0.15) is 0 Å². The van der Waals surface area contributed by atoms with Crippen LogP contribution < -0.4 is 0 Å². The van der Waals surface area contributed by atoms with Gasteiger partial charge in [0.25, 0.3) is 10.0 Å². The minimum absolute atomic E-state index is 0.00383. The minimum atomic E-state index is -3.45. The first-order valence-electron chi connectivity index (χ1n) is 5.18. The van der Waals surface area contributed by atoms with E-state index in [2.05, 4.69) is 0 Å². The van der Waals surface area contributed by atoms with E-state index in [1.807, 2.05) is 19.1 Å². The highest BCUT2D eigenvalue weighted by Crippen LogP contribution is 2.20. The van der Waals surface area contributed by atoms with Gasteiger partial charge in [-0.15, -0.1) is 11.8 Å². The largest absolute Gasteiger partial charge is 0.447 e. The average molecular weight is 275 g/mol. The van der Waals surface area contributed by atoms with Crippen molar-refractivity contribution in [1.82, 2.24) is 4.31 Å². The molecule has 0 aliphatic rings. The molecule has 0 radical (unpaired) electrons. The highest BCUT2D eigenvalue weighted by molar-refractivity contribution is 7.98. The molecule has 0 fully saturated rings. The van der Waals surface area contributed by atoms with Gasteiger partial charge in [0.2, 0.25) is 5.09 Å². The van der Waals surface area contributed by atoms with Crippen LogP contribution in [-0.2, 0) is 15.8 Å². The van der Waals surface area contributed by atoms with Crippen molar-refractivity contribution in [3.63, 3.8) is 0 Å². The number of allylic oxidation sites excluding steroid dienone is 1. The normalized spacial score (nSPS) is 12.7. The number of furan rings is 1. The predicted octanol–water partition coefficient (Wildman–Crippen LogP) is 2.34. The van der Waals surface area contributed by atoms with Gasteiger partial charge in [-0.25, -0.2) is 12.7 Å².